The van der Waals surface area contributed by atoms with Crippen LogP contribution in [0.1, 0.15) is 34.1 Å². The minimum absolute atomic E-state index is 0.00139. The number of fused-ring (bicyclic) bond motifs is 1. The third kappa shape index (κ3) is 2.86. The normalized spacial score (nSPS) is 21.7. The summed E-state index contributed by atoms with van der Waals surface area (Å²) in [5.74, 6) is -0.600. The van der Waals surface area contributed by atoms with Crippen LogP contribution in [0.15, 0.2) is 24.3 Å². The van der Waals surface area contributed by atoms with Gasteiger partial charge >= 0.3 is 0 Å². The van der Waals surface area contributed by atoms with Gasteiger partial charge in [0.05, 0.1) is 11.1 Å². The molecule has 1 fully saturated rings. The van der Waals surface area contributed by atoms with E-state index in [1.807, 2.05) is 11.9 Å². The third-order valence-corrected chi connectivity index (χ3v) is 4.74. The average Bonchev–Trinajstić information content (AvgIpc) is 2.80. The lowest BCUT2D eigenvalue weighted by molar-refractivity contribution is -0.133. The zero-order valence-corrected chi connectivity index (χ0v) is 13.5. The fraction of sp³-hybridized carbons (Fsp3) is 0.471. The van der Waals surface area contributed by atoms with E-state index in [9.17, 15) is 14.4 Å². The Morgan fingerprint density at radius 2 is 1.74 bits per heavy atom. The van der Waals surface area contributed by atoms with Crippen LogP contribution in [0, 0.1) is 0 Å². The second-order valence-electron chi connectivity index (χ2n) is 6.23. The molecule has 2 aliphatic rings. The van der Waals surface area contributed by atoms with E-state index in [1.165, 1.54) is 4.90 Å². The van der Waals surface area contributed by atoms with Gasteiger partial charge in [0.15, 0.2) is 0 Å². The number of rotatable bonds is 3. The van der Waals surface area contributed by atoms with Crippen molar-refractivity contribution in [2.24, 2.45) is 0 Å². The van der Waals surface area contributed by atoms with Gasteiger partial charge in [0.25, 0.3) is 11.8 Å². The van der Waals surface area contributed by atoms with E-state index in [4.69, 9.17) is 0 Å². The molecule has 0 spiro atoms. The molecule has 0 aromatic heterocycles. The van der Waals surface area contributed by atoms with Crippen molar-refractivity contribution in [3.63, 3.8) is 0 Å². The number of carbonyl (C=O) groups is 3. The van der Waals surface area contributed by atoms with Crippen molar-refractivity contribution >= 4 is 17.7 Å². The van der Waals surface area contributed by atoms with Crippen LogP contribution in [-0.2, 0) is 4.79 Å². The van der Waals surface area contributed by atoms with Crippen LogP contribution in [0.5, 0.6) is 0 Å². The van der Waals surface area contributed by atoms with Crippen LogP contribution in [0.3, 0.4) is 0 Å². The Labute approximate surface area is 135 Å². The first-order valence-corrected chi connectivity index (χ1v) is 7.92. The fourth-order valence-electron chi connectivity index (χ4n) is 3.08. The van der Waals surface area contributed by atoms with E-state index >= 15 is 0 Å². The van der Waals surface area contributed by atoms with Crippen molar-refractivity contribution in [1.29, 1.82) is 0 Å². The molecule has 0 bridgehead atoms. The summed E-state index contributed by atoms with van der Waals surface area (Å²) in [5, 5.41) is 0. The van der Waals surface area contributed by atoms with Gasteiger partial charge in [0.2, 0.25) is 5.91 Å². The summed E-state index contributed by atoms with van der Waals surface area (Å²) in [6, 6.07) is 7.11. The van der Waals surface area contributed by atoms with Crippen LogP contribution in [0.4, 0.5) is 0 Å². The maximum Gasteiger partial charge on any atom is 0.261 e. The number of amides is 3. The van der Waals surface area contributed by atoms with Crippen molar-refractivity contribution < 1.29 is 14.4 Å². The molecule has 0 radical (unpaired) electrons. The maximum absolute atomic E-state index is 12.4. The van der Waals surface area contributed by atoms with E-state index in [0.717, 1.165) is 6.54 Å². The highest BCUT2D eigenvalue weighted by Gasteiger charge is 2.35. The Bertz CT molecular complexity index is 623. The number of imide groups is 1. The minimum Gasteiger partial charge on any atom is -0.340 e. The van der Waals surface area contributed by atoms with E-state index in [2.05, 4.69) is 11.8 Å². The highest BCUT2D eigenvalue weighted by molar-refractivity contribution is 6.21. The molecule has 0 N–H and O–H groups in total. The zero-order chi connectivity index (χ0) is 16.6. The van der Waals surface area contributed by atoms with E-state index in [1.54, 1.807) is 24.3 Å². The summed E-state index contributed by atoms with van der Waals surface area (Å²) in [7, 11) is 2.05. The average molecular weight is 315 g/mol. The van der Waals surface area contributed by atoms with E-state index in [0.29, 0.717) is 30.3 Å². The van der Waals surface area contributed by atoms with Gasteiger partial charge in [-0.3, -0.25) is 19.3 Å². The van der Waals surface area contributed by atoms with Crippen molar-refractivity contribution in [3.8, 4) is 0 Å². The smallest absolute Gasteiger partial charge is 0.261 e. The summed E-state index contributed by atoms with van der Waals surface area (Å²) in [5.41, 5.74) is 0.858. The Morgan fingerprint density at radius 1 is 1.13 bits per heavy atom. The van der Waals surface area contributed by atoms with Crippen molar-refractivity contribution in [2.75, 3.05) is 33.2 Å². The van der Waals surface area contributed by atoms with E-state index < -0.39 is 0 Å². The molecule has 1 saturated heterocycles. The van der Waals surface area contributed by atoms with Crippen molar-refractivity contribution in [1.82, 2.24) is 14.7 Å². The molecule has 3 rings (SSSR count). The monoisotopic (exact) mass is 315 g/mol. The molecule has 1 unspecified atom stereocenters. The number of likely N-dealkylation sites (N-methyl/N-ethyl adjacent to an activating group) is 1. The highest BCUT2D eigenvalue weighted by Crippen LogP contribution is 2.22. The lowest BCUT2D eigenvalue weighted by Crippen LogP contribution is -2.52. The molecule has 0 saturated carbocycles. The second-order valence-corrected chi connectivity index (χ2v) is 6.23. The lowest BCUT2D eigenvalue weighted by atomic mass is 10.1. The van der Waals surface area contributed by atoms with Crippen molar-refractivity contribution in [3.05, 3.63) is 35.4 Å². The standard InChI is InChI=1S/C17H21N3O3/c1-12-11-19(10-9-18(12)2)15(21)7-8-20-16(22)13-5-3-4-6-14(13)17(20)23/h3-6,12H,7-11H2,1-2H3. The summed E-state index contributed by atoms with van der Waals surface area (Å²) in [6.07, 6.45) is 0.182. The molecule has 3 amide bonds. The molecule has 6 nitrogen and oxygen atoms in total. The van der Waals surface area contributed by atoms with Gasteiger partial charge in [-0.05, 0) is 26.1 Å². The van der Waals surface area contributed by atoms with Crippen LogP contribution < -0.4 is 0 Å². The Morgan fingerprint density at radius 3 is 2.30 bits per heavy atom. The van der Waals surface area contributed by atoms with Crippen LogP contribution in [-0.4, -0.2) is 71.7 Å². The predicted molar refractivity (Wildman–Crippen MR) is 85.1 cm³/mol. The highest BCUT2D eigenvalue weighted by atomic mass is 16.2. The number of nitrogens with zero attached hydrogens (tertiary/aromatic N) is 3. The van der Waals surface area contributed by atoms with Gasteiger partial charge in [-0.1, -0.05) is 12.1 Å². The topological polar surface area (TPSA) is 60.9 Å². The number of hydrogen-bond donors (Lipinski definition) is 0. The van der Waals surface area contributed by atoms with Crippen LogP contribution >= 0.6 is 0 Å². The molecule has 1 aromatic carbocycles. The largest absolute Gasteiger partial charge is 0.340 e. The van der Waals surface area contributed by atoms with Gasteiger partial charge < -0.3 is 9.80 Å². The minimum atomic E-state index is -0.301. The van der Waals surface area contributed by atoms with Gasteiger partial charge in [0, 0.05) is 38.6 Å². The SMILES string of the molecule is CC1CN(C(=O)CCN2C(=O)c3ccccc3C2=O)CCN1C. The van der Waals surface area contributed by atoms with Gasteiger partial charge in [-0.2, -0.15) is 0 Å². The first kappa shape index (κ1) is 15.7. The van der Waals surface area contributed by atoms with Crippen LogP contribution in [0.2, 0.25) is 0 Å². The summed E-state index contributed by atoms with van der Waals surface area (Å²) >= 11 is 0. The first-order chi connectivity index (χ1) is 11.0. The molecule has 2 aliphatic heterocycles. The van der Waals surface area contributed by atoms with Crippen LogP contribution in [0.25, 0.3) is 0 Å². The zero-order valence-electron chi connectivity index (χ0n) is 13.5. The molecule has 122 valence electrons. The number of carbonyl (C=O) groups excluding carboxylic acids is 3. The fourth-order valence-corrected chi connectivity index (χ4v) is 3.08. The van der Waals surface area contributed by atoms with Crippen molar-refractivity contribution in [2.45, 2.75) is 19.4 Å². The number of hydrogen-bond acceptors (Lipinski definition) is 4. The van der Waals surface area contributed by atoms with Gasteiger partial charge in [0.1, 0.15) is 0 Å². The Hall–Kier alpha value is -2.21. The Kier molecular flexibility index (Phi) is 4.17. The molecule has 2 heterocycles. The van der Waals surface area contributed by atoms with Gasteiger partial charge in [-0.25, -0.2) is 0 Å². The van der Waals surface area contributed by atoms with Gasteiger partial charge in [-0.15, -0.1) is 0 Å². The summed E-state index contributed by atoms with van der Waals surface area (Å²) < 4.78 is 0. The molecule has 0 aliphatic carbocycles. The number of piperazine rings is 1. The predicted octanol–water partition coefficient (Wildman–Crippen LogP) is 0.835. The Balaban J connectivity index is 1.60. The lowest BCUT2D eigenvalue weighted by Gasteiger charge is -2.37. The molecule has 1 atom stereocenters. The number of benzene rings is 1. The molecule has 6 heteroatoms. The molecule has 1 aromatic rings. The molecular weight excluding hydrogens is 294 g/mol. The molecular formula is C17H21N3O3. The first-order valence-electron chi connectivity index (χ1n) is 7.92. The third-order valence-electron chi connectivity index (χ3n) is 4.74. The second kappa shape index (κ2) is 6.12. The quantitative estimate of drug-likeness (QED) is 0.776. The molecule has 23 heavy (non-hydrogen) atoms. The summed E-state index contributed by atoms with van der Waals surface area (Å²) in [6.45, 7) is 4.47. The van der Waals surface area contributed by atoms with E-state index in [-0.39, 0.29) is 30.7 Å². The summed E-state index contributed by atoms with van der Waals surface area (Å²) in [4.78, 5) is 42.1. The maximum atomic E-state index is 12.4.